The van der Waals surface area contributed by atoms with Crippen LogP contribution in [0, 0.1) is 11.3 Å². The van der Waals surface area contributed by atoms with Gasteiger partial charge in [-0.1, -0.05) is 37.3 Å². The van der Waals surface area contributed by atoms with Gasteiger partial charge in [0, 0.05) is 18.4 Å². The monoisotopic (exact) mass is 243 g/mol. The highest BCUT2D eigenvalue weighted by atomic mass is 16.5. The minimum atomic E-state index is -0.0923. The molecule has 2 rings (SSSR count). The van der Waals surface area contributed by atoms with Crippen molar-refractivity contribution < 1.29 is 4.74 Å². The second-order valence-corrected chi connectivity index (χ2v) is 5.56. The van der Waals surface area contributed by atoms with Crippen molar-refractivity contribution in [2.45, 2.75) is 50.5 Å². The SMILES string of the molecule is CCC1(C)CC(CC#N)(c2ccccc2)CCO1. The van der Waals surface area contributed by atoms with E-state index < -0.39 is 0 Å². The van der Waals surface area contributed by atoms with Crippen LogP contribution >= 0.6 is 0 Å². The highest BCUT2D eigenvalue weighted by Crippen LogP contribution is 2.44. The molecule has 96 valence electrons. The number of rotatable bonds is 3. The molecule has 0 amide bonds. The van der Waals surface area contributed by atoms with Crippen molar-refractivity contribution in [1.29, 1.82) is 5.26 Å². The first kappa shape index (κ1) is 13.1. The predicted octanol–water partition coefficient (Wildman–Crippen LogP) is 3.82. The van der Waals surface area contributed by atoms with Gasteiger partial charge in [0.1, 0.15) is 0 Å². The van der Waals surface area contributed by atoms with Crippen LogP contribution in [-0.2, 0) is 10.2 Å². The summed E-state index contributed by atoms with van der Waals surface area (Å²) in [5.41, 5.74) is 1.17. The molecule has 1 fully saturated rings. The Balaban J connectivity index is 2.36. The van der Waals surface area contributed by atoms with Gasteiger partial charge in [0.05, 0.1) is 11.7 Å². The summed E-state index contributed by atoms with van der Waals surface area (Å²) in [7, 11) is 0. The normalized spacial score (nSPS) is 31.8. The van der Waals surface area contributed by atoms with Crippen LogP contribution in [-0.4, -0.2) is 12.2 Å². The van der Waals surface area contributed by atoms with Gasteiger partial charge in [-0.3, -0.25) is 0 Å². The van der Waals surface area contributed by atoms with Crippen molar-refractivity contribution >= 4 is 0 Å². The molecule has 0 N–H and O–H groups in total. The standard InChI is InChI=1S/C16H21NO/c1-3-15(2)13-16(9-11-17,10-12-18-15)14-7-5-4-6-8-14/h4-8H,3,9-10,12-13H2,1-2H3. The molecule has 0 bridgehead atoms. The number of hydrogen-bond donors (Lipinski definition) is 0. The Morgan fingerprint density at radius 3 is 2.67 bits per heavy atom. The Bertz CT molecular complexity index is 436. The zero-order valence-corrected chi connectivity index (χ0v) is 11.3. The fourth-order valence-electron chi connectivity index (χ4n) is 3.02. The third kappa shape index (κ3) is 2.42. The number of benzene rings is 1. The van der Waals surface area contributed by atoms with Crippen LogP contribution in [0.2, 0.25) is 0 Å². The predicted molar refractivity (Wildman–Crippen MR) is 72.2 cm³/mol. The maximum Gasteiger partial charge on any atom is 0.0660 e. The Labute approximate surface area is 110 Å². The highest BCUT2D eigenvalue weighted by Gasteiger charge is 2.43. The van der Waals surface area contributed by atoms with E-state index in [9.17, 15) is 5.26 Å². The molecule has 18 heavy (non-hydrogen) atoms. The molecule has 2 heteroatoms. The maximum absolute atomic E-state index is 9.20. The van der Waals surface area contributed by atoms with Crippen molar-refractivity contribution in [2.24, 2.45) is 0 Å². The molecule has 0 saturated carbocycles. The largest absolute Gasteiger partial charge is 0.375 e. The molecule has 1 saturated heterocycles. The molecule has 1 aliphatic rings. The van der Waals surface area contributed by atoms with Gasteiger partial charge in [0.15, 0.2) is 0 Å². The first-order valence-corrected chi connectivity index (χ1v) is 6.71. The molecule has 2 atom stereocenters. The summed E-state index contributed by atoms with van der Waals surface area (Å²) in [5, 5.41) is 9.20. The zero-order valence-electron chi connectivity index (χ0n) is 11.3. The molecular formula is C16H21NO. The smallest absolute Gasteiger partial charge is 0.0660 e. The topological polar surface area (TPSA) is 33.0 Å². The summed E-state index contributed by atoms with van der Waals surface area (Å²) < 4.78 is 5.93. The average Bonchev–Trinajstić information content (AvgIpc) is 2.40. The van der Waals surface area contributed by atoms with Crippen LogP contribution in [0.3, 0.4) is 0 Å². The molecule has 1 aliphatic heterocycles. The fraction of sp³-hybridized carbons (Fsp3) is 0.562. The number of ether oxygens (including phenoxy) is 1. The Kier molecular flexibility index (Phi) is 3.73. The third-order valence-corrected chi connectivity index (χ3v) is 4.29. The summed E-state index contributed by atoms with van der Waals surface area (Å²) in [6.45, 7) is 5.08. The number of nitriles is 1. The fourth-order valence-corrected chi connectivity index (χ4v) is 3.02. The lowest BCUT2D eigenvalue weighted by atomic mass is 9.67. The van der Waals surface area contributed by atoms with E-state index in [-0.39, 0.29) is 11.0 Å². The minimum absolute atomic E-state index is 0.0288. The summed E-state index contributed by atoms with van der Waals surface area (Å²) in [6.07, 6.45) is 3.46. The summed E-state index contributed by atoms with van der Waals surface area (Å²) in [6, 6.07) is 12.8. The maximum atomic E-state index is 9.20. The lowest BCUT2D eigenvalue weighted by molar-refractivity contribution is -0.0957. The van der Waals surface area contributed by atoms with Gasteiger partial charge < -0.3 is 4.74 Å². The third-order valence-electron chi connectivity index (χ3n) is 4.29. The summed E-state index contributed by atoms with van der Waals surface area (Å²) >= 11 is 0. The van der Waals surface area contributed by atoms with E-state index in [0.29, 0.717) is 6.42 Å². The molecule has 1 aromatic carbocycles. The Morgan fingerprint density at radius 1 is 1.33 bits per heavy atom. The van der Waals surface area contributed by atoms with E-state index in [2.05, 4.69) is 44.2 Å². The number of nitrogens with zero attached hydrogens (tertiary/aromatic N) is 1. The van der Waals surface area contributed by atoms with Gasteiger partial charge in [-0.05, 0) is 31.7 Å². The van der Waals surface area contributed by atoms with Crippen LogP contribution in [0.1, 0.15) is 45.1 Å². The lowest BCUT2D eigenvalue weighted by Gasteiger charge is -2.45. The lowest BCUT2D eigenvalue weighted by Crippen LogP contribution is -2.45. The van der Waals surface area contributed by atoms with Gasteiger partial charge >= 0.3 is 0 Å². The number of hydrogen-bond acceptors (Lipinski definition) is 2. The van der Waals surface area contributed by atoms with Crippen LogP contribution in [0.5, 0.6) is 0 Å². The summed E-state index contributed by atoms with van der Waals surface area (Å²) in [4.78, 5) is 0. The van der Waals surface area contributed by atoms with E-state index >= 15 is 0 Å². The van der Waals surface area contributed by atoms with Crippen molar-refractivity contribution in [3.63, 3.8) is 0 Å². The second kappa shape index (κ2) is 5.12. The van der Waals surface area contributed by atoms with Gasteiger partial charge in [0.2, 0.25) is 0 Å². The average molecular weight is 243 g/mol. The Morgan fingerprint density at radius 2 is 2.06 bits per heavy atom. The molecule has 0 spiro atoms. The molecule has 0 aromatic heterocycles. The van der Waals surface area contributed by atoms with E-state index in [1.165, 1.54) is 5.56 Å². The quantitative estimate of drug-likeness (QED) is 0.808. The molecule has 1 aromatic rings. The van der Waals surface area contributed by atoms with Crippen molar-refractivity contribution in [3.05, 3.63) is 35.9 Å². The van der Waals surface area contributed by atoms with E-state index in [4.69, 9.17) is 4.74 Å². The van der Waals surface area contributed by atoms with Crippen LogP contribution in [0.4, 0.5) is 0 Å². The second-order valence-electron chi connectivity index (χ2n) is 5.56. The zero-order chi connectivity index (χ0) is 13.1. The molecule has 2 unspecified atom stereocenters. The first-order valence-electron chi connectivity index (χ1n) is 6.71. The van der Waals surface area contributed by atoms with Gasteiger partial charge in [-0.15, -0.1) is 0 Å². The van der Waals surface area contributed by atoms with Crippen LogP contribution in [0.15, 0.2) is 30.3 Å². The van der Waals surface area contributed by atoms with Crippen molar-refractivity contribution in [1.82, 2.24) is 0 Å². The highest BCUT2D eigenvalue weighted by molar-refractivity contribution is 5.28. The van der Waals surface area contributed by atoms with Gasteiger partial charge in [0.25, 0.3) is 0 Å². The molecule has 0 aliphatic carbocycles. The summed E-state index contributed by atoms with van der Waals surface area (Å²) in [5.74, 6) is 0. The van der Waals surface area contributed by atoms with E-state index in [0.717, 1.165) is 25.9 Å². The molecule has 2 nitrogen and oxygen atoms in total. The van der Waals surface area contributed by atoms with Gasteiger partial charge in [-0.25, -0.2) is 0 Å². The van der Waals surface area contributed by atoms with E-state index in [1.807, 2.05) is 6.07 Å². The molecular weight excluding hydrogens is 222 g/mol. The van der Waals surface area contributed by atoms with Crippen LogP contribution < -0.4 is 0 Å². The van der Waals surface area contributed by atoms with Crippen LogP contribution in [0.25, 0.3) is 0 Å². The van der Waals surface area contributed by atoms with Gasteiger partial charge in [-0.2, -0.15) is 5.26 Å². The minimum Gasteiger partial charge on any atom is -0.375 e. The van der Waals surface area contributed by atoms with Crippen molar-refractivity contribution in [2.75, 3.05) is 6.61 Å². The molecule has 1 heterocycles. The Hall–Kier alpha value is -1.33. The molecule has 0 radical (unpaired) electrons. The van der Waals surface area contributed by atoms with Crippen molar-refractivity contribution in [3.8, 4) is 6.07 Å². The first-order chi connectivity index (χ1) is 8.64. The van der Waals surface area contributed by atoms with E-state index in [1.54, 1.807) is 0 Å².